The smallest absolute Gasteiger partial charge is 0.193 e. The second kappa shape index (κ2) is 6.12. The van der Waals surface area contributed by atoms with Crippen LogP contribution in [0, 0.1) is 11.3 Å². The molecule has 0 saturated heterocycles. The molecule has 0 radical (unpaired) electrons. The highest BCUT2D eigenvalue weighted by Gasteiger charge is 2.33. The zero-order chi connectivity index (χ0) is 13.0. The van der Waals surface area contributed by atoms with Gasteiger partial charge in [-0.1, -0.05) is 26.7 Å². The van der Waals surface area contributed by atoms with Gasteiger partial charge in [-0.2, -0.15) is 0 Å². The fourth-order valence-corrected chi connectivity index (χ4v) is 3.50. The number of furan rings is 1. The molecule has 0 aromatic carbocycles. The molecule has 1 N–H and O–H groups in total. The molecular weight excluding hydrogens is 246 g/mol. The van der Waals surface area contributed by atoms with Gasteiger partial charge in [0.15, 0.2) is 5.22 Å². The van der Waals surface area contributed by atoms with Crippen LogP contribution in [0.5, 0.6) is 0 Å². The SMILES string of the molecule is CC(C)CC1(CNCc2ccc(Cl)o2)CCCC1. The normalized spacial score (nSPS) is 18.7. The number of rotatable bonds is 6. The molecule has 1 aromatic rings. The maximum absolute atomic E-state index is 5.77. The maximum atomic E-state index is 5.77. The van der Waals surface area contributed by atoms with Crippen LogP contribution < -0.4 is 5.32 Å². The van der Waals surface area contributed by atoms with E-state index in [4.69, 9.17) is 16.0 Å². The topological polar surface area (TPSA) is 25.2 Å². The van der Waals surface area contributed by atoms with E-state index in [1.165, 1.54) is 32.1 Å². The monoisotopic (exact) mass is 269 g/mol. The van der Waals surface area contributed by atoms with Crippen molar-refractivity contribution in [3.05, 3.63) is 23.1 Å². The maximum Gasteiger partial charge on any atom is 0.193 e. The van der Waals surface area contributed by atoms with E-state index < -0.39 is 0 Å². The van der Waals surface area contributed by atoms with Crippen LogP contribution in [0.1, 0.15) is 51.7 Å². The van der Waals surface area contributed by atoms with Crippen molar-refractivity contribution >= 4 is 11.6 Å². The van der Waals surface area contributed by atoms with Gasteiger partial charge in [0.2, 0.25) is 0 Å². The Kier molecular flexibility index (Phi) is 4.74. The predicted molar refractivity (Wildman–Crippen MR) is 75.8 cm³/mol. The van der Waals surface area contributed by atoms with Crippen LogP contribution in [0.25, 0.3) is 0 Å². The molecule has 1 aliphatic rings. The molecule has 3 heteroatoms. The summed E-state index contributed by atoms with van der Waals surface area (Å²) in [7, 11) is 0. The van der Waals surface area contributed by atoms with Crippen molar-refractivity contribution in [1.82, 2.24) is 5.32 Å². The first-order valence-corrected chi connectivity index (χ1v) is 7.42. The van der Waals surface area contributed by atoms with Crippen LogP contribution in [-0.2, 0) is 6.54 Å². The van der Waals surface area contributed by atoms with E-state index in [-0.39, 0.29) is 0 Å². The standard InChI is InChI=1S/C15H24ClNO/c1-12(2)9-15(7-3-4-8-15)11-17-10-13-5-6-14(16)18-13/h5-6,12,17H,3-4,7-11H2,1-2H3. The molecule has 0 unspecified atom stereocenters. The fourth-order valence-electron chi connectivity index (χ4n) is 3.34. The van der Waals surface area contributed by atoms with Crippen LogP contribution in [0.15, 0.2) is 16.5 Å². The largest absolute Gasteiger partial charge is 0.448 e. The highest BCUT2D eigenvalue weighted by atomic mass is 35.5. The van der Waals surface area contributed by atoms with E-state index in [1.54, 1.807) is 6.07 Å². The zero-order valence-corrected chi connectivity index (χ0v) is 12.2. The molecule has 1 heterocycles. The Morgan fingerprint density at radius 1 is 1.33 bits per heavy atom. The van der Waals surface area contributed by atoms with E-state index in [1.807, 2.05) is 6.07 Å². The lowest BCUT2D eigenvalue weighted by Gasteiger charge is -2.31. The Bertz CT molecular complexity index is 366. The summed E-state index contributed by atoms with van der Waals surface area (Å²) in [6, 6.07) is 3.75. The summed E-state index contributed by atoms with van der Waals surface area (Å²) in [6.07, 6.45) is 6.86. The first kappa shape index (κ1) is 14.0. The van der Waals surface area contributed by atoms with E-state index in [0.717, 1.165) is 24.8 Å². The van der Waals surface area contributed by atoms with Crippen LogP contribution in [0.3, 0.4) is 0 Å². The first-order chi connectivity index (χ1) is 8.60. The van der Waals surface area contributed by atoms with E-state index >= 15 is 0 Å². The van der Waals surface area contributed by atoms with Gasteiger partial charge in [-0.15, -0.1) is 0 Å². The average molecular weight is 270 g/mol. The molecule has 0 amide bonds. The third kappa shape index (κ3) is 3.76. The fraction of sp³-hybridized carbons (Fsp3) is 0.733. The van der Waals surface area contributed by atoms with Gasteiger partial charge in [0.25, 0.3) is 0 Å². The molecule has 1 aliphatic carbocycles. The molecule has 2 nitrogen and oxygen atoms in total. The van der Waals surface area contributed by atoms with Crippen molar-refractivity contribution in [3.8, 4) is 0 Å². The van der Waals surface area contributed by atoms with Crippen molar-refractivity contribution in [2.24, 2.45) is 11.3 Å². The number of nitrogens with one attached hydrogen (secondary N) is 1. The lowest BCUT2D eigenvalue weighted by Crippen LogP contribution is -2.33. The van der Waals surface area contributed by atoms with Crippen LogP contribution >= 0.6 is 11.6 Å². The summed E-state index contributed by atoms with van der Waals surface area (Å²) in [5.74, 6) is 1.71. The molecule has 0 atom stereocenters. The summed E-state index contributed by atoms with van der Waals surface area (Å²) in [6.45, 7) is 6.54. The van der Waals surface area contributed by atoms with Gasteiger partial charge in [-0.3, -0.25) is 0 Å². The Hall–Kier alpha value is -0.470. The van der Waals surface area contributed by atoms with Gasteiger partial charge in [0.1, 0.15) is 5.76 Å². The minimum atomic E-state index is 0.476. The summed E-state index contributed by atoms with van der Waals surface area (Å²) in [5, 5.41) is 4.03. The highest BCUT2D eigenvalue weighted by molar-refractivity contribution is 6.28. The Morgan fingerprint density at radius 3 is 2.61 bits per heavy atom. The lowest BCUT2D eigenvalue weighted by atomic mass is 9.78. The summed E-state index contributed by atoms with van der Waals surface area (Å²) in [4.78, 5) is 0. The molecule has 1 aromatic heterocycles. The Labute approximate surface area is 115 Å². The molecule has 2 rings (SSSR count). The van der Waals surface area contributed by atoms with Crippen molar-refractivity contribution in [1.29, 1.82) is 0 Å². The quantitative estimate of drug-likeness (QED) is 0.815. The molecule has 0 aliphatic heterocycles. The average Bonchev–Trinajstić information content (AvgIpc) is 2.88. The molecular formula is C15H24ClNO. The molecule has 0 bridgehead atoms. The van der Waals surface area contributed by atoms with E-state index in [9.17, 15) is 0 Å². The Morgan fingerprint density at radius 2 is 2.06 bits per heavy atom. The first-order valence-electron chi connectivity index (χ1n) is 7.05. The van der Waals surface area contributed by atoms with Crippen molar-refractivity contribution < 1.29 is 4.42 Å². The summed E-state index contributed by atoms with van der Waals surface area (Å²) < 4.78 is 5.37. The van der Waals surface area contributed by atoms with Crippen molar-refractivity contribution in [2.75, 3.05) is 6.54 Å². The van der Waals surface area contributed by atoms with Crippen LogP contribution in [-0.4, -0.2) is 6.54 Å². The summed E-state index contributed by atoms with van der Waals surface area (Å²) >= 11 is 5.77. The zero-order valence-electron chi connectivity index (χ0n) is 11.5. The Balaban J connectivity index is 1.82. The second-order valence-electron chi connectivity index (χ2n) is 6.11. The minimum absolute atomic E-state index is 0.476. The van der Waals surface area contributed by atoms with Crippen molar-refractivity contribution in [2.45, 2.75) is 52.5 Å². The van der Waals surface area contributed by atoms with Gasteiger partial charge in [-0.05, 0) is 54.3 Å². The predicted octanol–water partition coefficient (Wildman–Crippen LogP) is 4.63. The van der Waals surface area contributed by atoms with Crippen LogP contribution in [0.4, 0.5) is 0 Å². The molecule has 0 spiro atoms. The second-order valence-corrected chi connectivity index (χ2v) is 6.49. The van der Waals surface area contributed by atoms with Crippen LogP contribution in [0.2, 0.25) is 5.22 Å². The van der Waals surface area contributed by atoms with Crippen molar-refractivity contribution in [3.63, 3.8) is 0 Å². The third-order valence-corrected chi connectivity index (χ3v) is 4.14. The third-order valence-electron chi connectivity index (χ3n) is 3.93. The molecule has 1 saturated carbocycles. The van der Waals surface area contributed by atoms with Gasteiger partial charge in [-0.25, -0.2) is 0 Å². The van der Waals surface area contributed by atoms with Gasteiger partial charge < -0.3 is 9.73 Å². The minimum Gasteiger partial charge on any atom is -0.448 e. The number of hydrogen-bond acceptors (Lipinski definition) is 2. The van der Waals surface area contributed by atoms with E-state index in [0.29, 0.717) is 10.6 Å². The molecule has 102 valence electrons. The summed E-state index contributed by atoms with van der Waals surface area (Å²) in [5.41, 5.74) is 0.518. The highest BCUT2D eigenvalue weighted by Crippen LogP contribution is 2.42. The lowest BCUT2D eigenvalue weighted by molar-refractivity contribution is 0.221. The molecule has 18 heavy (non-hydrogen) atoms. The van der Waals surface area contributed by atoms with Gasteiger partial charge in [0, 0.05) is 6.54 Å². The van der Waals surface area contributed by atoms with Gasteiger partial charge >= 0.3 is 0 Å². The van der Waals surface area contributed by atoms with E-state index in [2.05, 4.69) is 19.2 Å². The molecule has 1 fully saturated rings. The number of hydrogen-bond donors (Lipinski definition) is 1. The number of halogens is 1. The van der Waals surface area contributed by atoms with Gasteiger partial charge in [0.05, 0.1) is 6.54 Å².